The van der Waals surface area contributed by atoms with E-state index in [4.69, 9.17) is 5.11 Å². The molecule has 0 aliphatic rings. The average molecular weight is 200 g/mol. The first-order chi connectivity index (χ1) is 5.92. The molecule has 0 spiro atoms. The van der Waals surface area contributed by atoms with E-state index in [-0.39, 0.29) is 12.7 Å². The van der Waals surface area contributed by atoms with Crippen LogP contribution >= 0.6 is 0 Å². The molecule has 0 bridgehead atoms. The van der Waals surface area contributed by atoms with Gasteiger partial charge in [-0.2, -0.15) is 13.2 Å². The van der Waals surface area contributed by atoms with Crippen LogP contribution in [0.25, 0.3) is 0 Å². The molecule has 1 unspecified atom stereocenters. The normalized spacial score (nSPS) is 14.5. The highest BCUT2D eigenvalue weighted by molar-refractivity contribution is 4.49. The molecule has 0 aliphatic carbocycles. The zero-order valence-electron chi connectivity index (χ0n) is 7.60. The molecule has 0 aromatic carbocycles. The predicted molar refractivity (Wildman–Crippen MR) is 42.4 cm³/mol. The number of aliphatic hydroxyl groups excluding tert-OH is 1. The zero-order chi connectivity index (χ0) is 10.3. The van der Waals surface area contributed by atoms with Gasteiger partial charge < -0.3 is 9.84 Å². The van der Waals surface area contributed by atoms with Gasteiger partial charge in [0.15, 0.2) is 0 Å². The zero-order valence-corrected chi connectivity index (χ0v) is 7.60. The van der Waals surface area contributed by atoms with E-state index in [0.717, 1.165) is 0 Å². The largest absolute Gasteiger partial charge is 0.411 e. The van der Waals surface area contributed by atoms with E-state index in [2.05, 4.69) is 4.74 Å². The van der Waals surface area contributed by atoms with Crippen LogP contribution in [0, 0.1) is 0 Å². The van der Waals surface area contributed by atoms with Gasteiger partial charge in [-0.3, -0.25) is 0 Å². The highest BCUT2D eigenvalue weighted by Crippen LogP contribution is 2.14. The first-order valence-electron chi connectivity index (χ1n) is 4.24. The molecule has 80 valence electrons. The van der Waals surface area contributed by atoms with Crippen molar-refractivity contribution in [3.8, 4) is 0 Å². The van der Waals surface area contributed by atoms with E-state index >= 15 is 0 Å². The highest BCUT2D eigenvalue weighted by Gasteiger charge is 2.27. The molecule has 0 radical (unpaired) electrons. The average Bonchev–Trinajstić information content (AvgIpc) is 1.93. The molecule has 0 aliphatic heterocycles. The number of rotatable bonds is 6. The molecular formula is C8H15F3O2. The Kier molecular flexibility index (Phi) is 6.07. The lowest BCUT2D eigenvalue weighted by Crippen LogP contribution is -2.17. The summed E-state index contributed by atoms with van der Waals surface area (Å²) in [5.41, 5.74) is 0. The molecule has 1 N–H and O–H groups in total. The smallest absolute Gasteiger partial charge is 0.393 e. The van der Waals surface area contributed by atoms with Crippen molar-refractivity contribution in [1.29, 1.82) is 0 Å². The summed E-state index contributed by atoms with van der Waals surface area (Å²) in [6.45, 7) is 0.574. The molecular weight excluding hydrogens is 185 g/mol. The third-order valence-corrected chi connectivity index (χ3v) is 1.43. The van der Waals surface area contributed by atoms with Gasteiger partial charge in [-0.25, -0.2) is 0 Å². The Hall–Kier alpha value is -0.290. The Morgan fingerprint density at radius 3 is 2.38 bits per heavy atom. The molecule has 5 heteroatoms. The number of ether oxygens (including phenoxy) is 1. The first kappa shape index (κ1) is 12.7. The fraction of sp³-hybridized carbons (Fsp3) is 1.00. The van der Waals surface area contributed by atoms with Crippen molar-refractivity contribution >= 4 is 0 Å². The fourth-order valence-corrected chi connectivity index (χ4v) is 0.832. The summed E-state index contributed by atoms with van der Waals surface area (Å²) in [6, 6.07) is 0. The van der Waals surface area contributed by atoms with Crippen molar-refractivity contribution < 1.29 is 23.0 Å². The van der Waals surface area contributed by atoms with Gasteiger partial charge in [0.1, 0.15) is 6.61 Å². The number of hydrogen-bond donors (Lipinski definition) is 1. The summed E-state index contributed by atoms with van der Waals surface area (Å²) >= 11 is 0. The monoisotopic (exact) mass is 200 g/mol. The topological polar surface area (TPSA) is 29.5 Å². The van der Waals surface area contributed by atoms with Gasteiger partial charge in [-0.05, 0) is 26.2 Å². The summed E-state index contributed by atoms with van der Waals surface area (Å²) in [5, 5.41) is 8.82. The van der Waals surface area contributed by atoms with Crippen LogP contribution in [-0.2, 0) is 4.74 Å². The third kappa shape index (κ3) is 11.7. The van der Waals surface area contributed by atoms with Gasteiger partial charge in [0, 0.05) is 6.61 Å². The van der Waals surface area contributed by atoms with Crippen LogP contribution in [0.5, 0.6) is 0 Å². The number of aliphatic hydroxyl groups is 1. The third-order valence-electron chi connectivity index (χ3n) is 1.43. The van der Waals surface area contributed by atoms with E-state index in [1.807, 2.05) is 0 Å². The van der Waals surface area contributed by atoms with Crippen LogP contribution in [0.3, 0.4) is 0 Å². The van der Waals surface area contributed by atoms with Gasteiger partial charge in [-0.15, -0.1) is 0 Å². The predicted octanol–water partition coefficient (Wildman–Crippen LogP) is 2.12. The molecule has 0 fully saturated rings. The molecule has 0 aromatic rings. The minimum atomic E-state index is -4.23. The number of hydrogen-bond acceptors (Lipinski definition) is 2. The minimum Gasteiger partial charge on any atom is -0.393 e. The second-order valence-electron chi connectivity index (χ2n) is 3.01. The van der Waals surface area contributed by atoms with Crippen molar-refractivity contribution in [2.45, 2.75) is 38.5 Å². The Bertz CT molecular complexity index is 123. The molecule has 0 rings (SSSR count). The highest BCUT2D eigenvalue weighted by atomic mass is 19.4. The lowest BCUT2D eigenvalue weighted by Gasteiger charge is -2.07. The van der Waals surface area contributed by atoms with Crippen LogP contribution in [0.4, 0.5) is 13.2 Å². The lowest BCUT2D eigenvalue weighted by molar-refractivity contribution is -0.174. The van der Waals surface area contributed by atoms with E-state index in [0.29, 0.717) is 19.3 Å². The van der Waals surface area contributed by atoms with Crippen LogP contribution in [0.1, 0.15) is 26.2 Å². The van der Waals surface area contributed by atoms with Gasteiger partial charge >= 0.3 is 6.18 Å². The maximum atomic E-state index is 11.5. The van der Waals surface area contributed by atoms with E-state index in [9.17, 15) is 13.2 Å². The molecule has 13 heavy (non-hydrogen) atoms. The van der Waals surface area contributed by atoms with Gasteiger partial charge in [-0.1, -0.05) is 0 Å². The van der Waals surface area contributed by atoms with Crippen LogP contribution in [0.15, 0.2) is 0 Å². The summed E-state index contributed by atoms with van der Waals surface area (Å²) < 4.78 is 39.0. The van der Waals surface area contributed by atoms with Crippen molar-refractivity contribution in [2.75, 3.05) is 13.2 Å². The quantitative estimate of drug-likeness (QED) is 0.665. The molecule has 0 aromatic heterocycles. The van der Waals surface area contributed by atoms with Crippen LogP contribution in [0.2, 0.25) is 0 Å². The lowest BCUT2D eigenvalue weighted by atomic mass is 10.2. The standard InChI is InChI=1S/C8H15F3O2/c1-7(12)4-2-3-5-13-6-8(9,10)11/h7,12H,2-6H2,1H3. The van der Waals surface area contributed by atoms with E-state index in [1.165, 1.54) is 0 Å². The Morgan fingerprint density at radius 2 is 1.92 bits per heavy atom. The SMILES string of the molecule is CC(O)CCCCOCC(F)(F)F. The number of unbranched alkanes of at least 4 members (excludes halogenated alkanes) is 1. The van der Waals surface area contributed by atoms with Gasteiger partial charge in [0.05, 0.1) is 6.10 Å². The summed E-state index contributed by atoms with van der Waals surface area (Å²) in [6.07, 6.45) is -2.77. The van der Waals surface area contributed by atoms with Crippen molar-refractivity contribution in [1.82, 2.24) is 0 Å². The van der Waals surface area contributed by atoms with Gasteiger partial charge in [0.25, 0.3) is 0 Å². The Morgan fingerprint density at radius 1 is 1.31 bits per heavy atom. The summed E-state index contributed by atoms with van der Waals surface area (Å²) in [4.78, 5) is 0. The summed E-state index contributed by atoms with van der Waals surface area (Å²) in [5.74, 6) is 0. The van der Waals surface area contributed by atoms with Crippen LogP contribution in [-0.4, -0.2) is 30.6 Å². The molecule has 1 atom stereocenters. The Balaban J connectivity index is 3.09. The molecule has 0 amide bonds. The number of halogens is 3. The van der Waals surface area contributed by atoms with Crippen molar-refractivity contribution in [3.05, 3.63) is 0 Å². The Labute approximate surface area is 75.7 Å². The molecule has 0 saturated carbocycles. The van der Waals surface area contributed by atoms with Gasteiger partial charge in [0.2, 0.25) is 0 Å². The second kappa shape index (κ2) is 6.21. The molecule has 0 saturated heterocycles. The van der Waals surface area contributed by atoms with E-state index in [1.54, 1.807) is 6.92 Å². The minimum absolute atomic E-state index is 0.103. The number of alkyl halides is 3. The summed E-state index contributed by atoms with van der Waals surface area (Å²) in [7, 11) is 0. The van der Waals surface area contributed by atoms with Crippen molar-refractivity contribution in [2.24, 2.45) is 0 Å². The van der Waals surface area contributed by atoms with Crippen molar-refractivity contribution in [3.63, 3.8) is 0 Å². The van der Waals surface area contributed by atoms with E-state index < -0.39 is 12.8 Å². The second-order valence-corrected chi connectivity index (χ2v) is 3.01. The first-order valence-corrected chi connectivity index (χ1v) is 4.24. The maximum absolute atomic E-state index is 11.5. The maximum Gasteiger partial charge on any atom is 0.411 e. The van der Waals surface area contributed by atoms with Crippen LogP contribution < -0.4 is 0 Å². The fourth-order valence-electron chi connectivity index (χ4n) is 0.832. The molecule has 0 heterocycles. The molecule has 2 nitrogen and oxygen atoms in total.